The minimum atomic E-state index is -0.341. The maximum absolute atomic E-state index is 13.3. The van der Waals surface area contributed by atoms with E-state index >= 15 is 0 Å². The quantitative estimate of drug-likeness (QED) is 0.470. The summed E-state index contributed by atoms with van der Waals surface area (Å²) in [6, 6.07) is 21.1. The fourth-order valence-electron chi connectivity index (χ4n) is 4.64. The van der Waals surface area contributed by atoms with Crippen molar-refractivity contribution in [2.45, 2.75) is 25.3 Å². The molecule has 1 unspecified atom stereocenters. The van der Waals surface area contributed by atoms with Gasteiger partial charge in [0.05, 0.1) is 18.3 Å². The van der Waals surface area contributed by atoms with Crippen molar-refractivity contribution in [3.8, 4) is 17.2 Å². The Morgan fingerprint density at radius 1 is 1.03 bits per heavy atom. The third-order valence-corrected chi connectivity index (χ3v) is 6.59. The Morgan fingerprint density at radius 2 is 1.83 bits per heavy atom. The molecule has 1 fully saturated rings. The Balaban J connectivity index is 1.14. The fraction of sp³-hybridized carbons (Fsp3) is 0.357. The summed E-state index contributed by atoms with van der Waals surface area (Å²) in [5.41, 5.74) is 1.73. The van der Waals surface area contributed by atoms with E-state index in [0.29, 0.717) is 12.4 Å². The molecule has 1 atom stereocenters. The van der Waals surface area contributed by atoms with Crippen molar-refractivity contribution in [1.82, 2.24) is 15.2 Å². The highest BCUT2D eigenvalue weighted by molar-refractivity contribution is 5.79. The molecule has 7 heteroatoms. The molecule has 2 aliphatic heterocycles. The van der Waals surface area contributed by atoms with E-state index in [9.17, 15) is 4.79 Å². The molecule has 3 aromatic rings. The third-order valence-electron chi connectivity index (χ3n) is 6.59. The number of nitrogens with one attached hydrogen (secondary N) is 1. The number of carbonyl (C=O) groups is 1. The van der Waals surface area contributed by atoms with Crippen LogP contribution in [0.25, 0.3) is 0 Å². The van der Waals surface area contributed by atoms with Crippen molar-refractivity contribution in [2.75, 3.05) is 33.0 Å². The van der Waals surface area contributed by atoms with Crippen molar-refractivity contribution < 1.29 is 19.0 Å². The highest BCUT2D eigenvalue weighted by Gasteiger charge is 2.28. The van der Waals surface area contributed by atoms with Gasteiger partial charge in [-0.25, -0.2) is 0 Å². The van der Waals surface area contributed by atoms with Gasteiger partial charge >= 0.3 is 0 Å². The average Bonchev–Trinajstić information content (AvgIpc) is 3.39. The molecule has 2 aromatic carbocycles. The number of pyridine rings is 1. The summed E-state index contributed by atoms with van der Waals surface area (Å²) in [7, 11) is 0. The molecule has 1 saturated heterocycles. The SMILES string of the molecule is O=C(NC(c1ccc2c(c1)OCO2)c1ccccn1)C1CCN(CCCOc2ccccc2)CC1. The summed E-state index contributed by atoms with van der Waals surface area (Å²) >= 11 is 0. The number of amides is 1. The summed E-state index contributed by atoms with van der Waals surface area (Å²) in [4.78, 5) is 20.2. The molecule has 1 N–H and O–H groups in total. The van der Waals surface area contributed by atoms with E-state index in [-0.39, 0.29) is 24.7 Å². The maximum Gasteiger partial charge on any atom is 0.231 e. The maximum atomic E-state index is 13.3. The van der Waals surface area contributed by atoms with E-state index in [1.165, 1.54) is 0 Å². The highest BCUT2D eigenvalue weighted by atomic mass is 16.7. The van der Waals surface area contributed by atoms with Gasteiger partial charge < -0.3 is 24.4 Å². The third kappa shape index (κ3) is 5.92. The Labute approximate surface area is 206 Å². The summed E-state index contributed by atoms with van der Waals surface area (Å²) < 4.78 is 16.8. The molecule has 1 aromatic heterocycles. The van der Waals surface area contributed by atoms with Gasteiger partial charge in [0, 0.05) is 18.7 Å². The van der Waals surface area contributed by atoms with E-state index in [1.807, 2.05) is 66.7 Å². The van der Waals surface area contributed by atoms with E-state index in [2.05, 4.69) is 15.2 Å². The lowest BCUT2D eigenvalue weighted by molar-refractivity contribution is -0.127. The molecule has 7 nitrogen and oxygen atoms in total. The topological polar surface area (TPSA) is 72.9 Å². The first kappa shape index (κ1) is 23.2. The van der Waals surface area contributed by atoms with Gasteiger partial charge in [-0.15, -0.1) is 0 Å². The van der Waals surface area contributed by atoms with Crippen LogP contribution in [0.15, 0.2) is 72.9 Å². The van der Waals surface area contributed by atoms with Crippen LogP contribution in [-0.2, 0) is 4.79 Å². The molecule has 0 radical (unpaired) electrons. The lowest BCUT2D eigenvalue weighted by Crippen LogP contribution is -2.42. The minimum absolute atomic E-state index is 0.00737. The number of benzene rings is 2. The van der Waals surface area contributed by atoms with E-state index < -0.39 is 0 Å². The molecule has 0 bridgehead atoms. The van der Waals surface area contributed by atoms with Gasteiger partial charge in [0.25, 0.3) is 0 Å². The Bertz CT molecular complexity index is 1100. The van der Waals surface area contributed by atoms with Crippen molar-refractivity contribution in [1.29, 1.82) is 0 Å². The molecule has 182 valence electrons. The number of hydrogen-bond donors (Lipinski definition) is 1. The summed E-state index contributed by atoms with van der Waals surface area (Å²) in [6.45, 7) is 3.74. The molecule has 5 rings (SSSR count). The number of para-hydroxylation sites is 1. The van der Waals surface area contributed by atoms with Crippen LogP contribution in [0, 0.1) is 5.92 Å². The van der Waals surface area contributed by atoms with E-state index in [0.717, 1.165) is 61.7 Å². The zero-order valence-electron chi connectivity index (χ0n) is 19.8. The monoisotopic (exact) mass is 473 g/mol. The van der Waals surface area contributed by atoms with Gasteiger partial charge in [-0.2, -0.15) is 0 Å². The van der Waals surface area contributed by atoms with Crippen LogP contribution in [0.5, 0.6) is 17.2 Å². The second-order valence-electron chi connectivity index (χ2n) is 8.94. The lowest BCUT2D eigenvalue weighted by Gasteiger charge is -2.32. The van der Waals surface area contributed by atoms with Gasteiger partial charge in [-0.1, -0.05) is 30.3 Å². The number of hydrogen-bond acceptors (Lipinski definition) is 6. The molecular formula is C28H31N3O4. The van der Waals surface area contributed by atoms with Crippen LogP contribution in [-0.4, -0.2) is 48.8 Å². The zero-order chi connectivity index (χ0) is 23.9. The number of rotatable bonds is 9. The Morgan fingerprint density at radius 3 is 2.63 bits per heavy atom. The average molecular weight is 474 g/mol. The Kier molecular flexibility index (Phi) is 7.44. The van der Waals surface area contributed by atoms with Gasteiger partial charge in [-0.05, 0) is 74.3 Å². The van der Waals surface area contributed by atoms with Crippen LogP contribution in [0.1, 0.15) is 36.6 Å². The first-order chi connectivity index (χ1) is 17.3. The molecule has 35 heavy (non-hydrogen) atoms. The molecular weight excluding hydrogens is 442 g/mol. The second-order valence-corrected chi connectivity index (χ2v) is 8.94. The normalized spacial score (nSPS) is 16.6. The standard InChI is InChI=1S/C28H31N3O4/c32-28(21-12-16-31(17-13-21)15-6-18-33-23-7-2-1-3-8-23)30-27(24-9-4-5-14-29-24)22-10-11-25-26(19-22)35-20-34-25/h1-5,7-11,14,19,21,27H,6,12-13,15-18,20H2,(H,30,32). The summed E-state index contributed by atoms with van der Waals surface area (Å²) in [5, 5.41) is 3.26. The largest absolute Gasteiger partial charge is 0.494 e. The second kappa shape index (κ2) is 11.2. The first-order valence-electron chi connectivity index (χ1n) is 12.3. The number of aromatic nitrogens is 1. The first-order valence-corrected chi connectivity index (χ1v) is 12.3. The smallest absolute Gasteiger partial charge is 0.231 e. The van der Waals surface area contributed by atoms with Crippen LogP contribution in [0.4, 0.5) is 0 Å². The molecule has 0 spiro atoms. The van der Waals surface area contributed by atoms with Crippen LogP contribution in [0.2, 0.25) is 0 Å². The number of nitrogens with zero attached hydrogens (tertiary/aromatic N) is 2. The van der Waals surface area contributed by atoms with Crippen LogP contribution >= 0.6 is 0 Å². The van der Waals surface area contributed by atoms with Crippen molar-refractivity contribution >= 4 is 5.91 Å². The molecule has 0 aliphatic carbocycles. The van der Waals surface area contributed by atoms with Gasteiger partial charge in [0.15, 0.2) is 11.5 Å². The molecule has 2 aliphatic rings. The Hall–Kier alpha value is -3.58. The molecule has 3 heterocycles. The predicted octanol–water partition coefficient (Wildman–Crippen LogP) is 4.20. The number of fused-ring (bicyclic) bond motifs is 1. The zero-order valence-corrected chi connectivity index (χ0v) is 19.8. The van der Waals surface area contributed by atoms with Gasteiger partial charge in [0.1, 0.15) is 5.75 Å². The van der Waals surface area contributed by atoms with E-state index in [1.54, 1.807) is 6.20 Å². The minimum Gasteiger partial charge on any atom is -0.494 e. The van der Waals surface area contributed by atoms with Crippen molar-refractivity contribution in [3.63, 3.8) is 0 Å². The van der Waals surface area contributed by atoms with Crippen molar-refractivity contribution in [3.05, 3.63) is 84.2 Å². The molecule has 1 amide bonds. The lowest BCUT2D eigenvalue weighted by atomic mass is 9.94. The summed E-state index contributed by atoms with van der Waals surface area (Å²) in [6.07, 6.45) is 4.42. The summed E-state index contributed by atoms with van der Waals surface area (Å²) in [5.74, 6) is 2.40. The van der Waals surface area contributed by atoms with Crippen LogP contribution < -0.4 is 19.5 Å². The van der Waals surface area contributed by atoms with E-state index in [4.69, 9.17) is 14.2 Å². The number of carbonyl (C=O) groups excluding carboxylic acids is 1. The predicted molar refractivity (Wildman–Crippen MR) is 133 cm³/mol. The number of ether oxygens (including phenoxy) is 3. The van der Waals surface area contributed by atoms with Gasteiger partial charge in [0.2, 0.25) is 12.7 Å². The number of piperidine rings is 1. The fourth-order valence-corrected chi connectivity index (χ4v) is 4.64. The molecule has 0 saturated carbocycles. The highest BCUT2D eigenvalue weighted by Crippen LogP contribution is 2.35. The van der Waals surface area contributed by atoms with Crippen molar-refractivity contribution in [2.24, 2.45) is 5.92 Å². The number of likely N-dealkylation sites (tertiary alicyclic amines) is 1. The van der Waals surface area contributed by atoms with Gasteiger partial charge in [-0.3, -0.25) is 9.78 Å². The van der Waals surface area contributed by atoms with Crippen LogP contribution in [0.3, 0.4) is 0 Å².